The van der Waals surface area contributed by atoms with Crippen molar-refractivity contribution in [3.63, 3.8) is 0 Å². The van der Waals surface area contributed by atoms with Crippen molar-refractivity contribution >= 4 is 5.97 Å². The Hall–Kier alpha value is -2.37. The molecule has 0 aliphatic carbocycles. The van der Waals surface area contributed by atoms with E-state index in [1.165, 1.54) is 0 Å². The Balaban J connectivity index is 2.17. The molecule has 0 saturated carbocycles. The van der Waals surface area contributed by atoms with Gasteiger partial charge >= 0.3 is 5.97 Å². The van der Waals surface area contributed by atoms with Crippen LogP contribution in [0, 0.1) is 6.92 Å². The molecule has 1 aromatic heterocycles. The highest BCUT2D eigenvalue weighted by Gasteiger charge is 2.11. The number of carbonyl (C=O) groups is 1. The average Bonchev–Trinajstić information content (AvgIpc) is 2.73. The summed E-state index contributed by atoms with van der Waals surface area (Å²) in [5, 5.41) is 16.6. The highest BCUT2D eigenvalue weighted by atomic mass is 16.5. The molecule has 0 amide bonds. The van der Waals surface area contributed by atoms with Gasteiger partial charge in [-0.15, -0.1) is 10.2 Å². The molecule has 0 saturated heterocycles. The van der Waals surface area contributed by atoms with Crippen molar-refractivity contribution in [1.29, 1.82) is 0 Å². The Morgan fingerprint density at radius 3 is 2.89 bits per heavy atom. The number of benzene rings is 1. The lowest BCUT2D eigenvalue weighted by Gasteiger charge is -2.10. The molecule has 94 valence electrons. The van der Waals surface area contributed by atoms with E-state index in [1.54, 1.807) is 36.0 Å². The summed E-state index contributed by atoms with van der Waals surface area (Å²) in [5.74, 6) is 0.254. The smallest absolute Gasteiger partial charge is 0.336 e. The Kier molecular flexibility index (Phi) is 3.27. The fraction of sp³-hybridized carbons (Fsp3) is 0.250. The number of nitrogens with zero attached hydrogens (tertiary/aromatic N) is 3. The van der Waals surface area contributed by atoms with E-state index in [-0.39, 0.29) is 12.2 Å². The van der Waals surface area contributed by atoms with E-state index in [1.807, 2.05) is 7.05 Å². The lowest BCUT2D eigenvalue weighted by Crippen LogP contribution is -2.06. The van der Waals surface area contributed by atoms with Crippen LogP contribution in [0.1, 0.15) is 21.7 Å². The first-order chi connectivity index (χ1) is 8.59. The van der Waals surface area contributed by atoms with Gasteiger partial charge in [-0.2, -0.15) is 0 Å². The van der Waals surface area contributed by atoms with Crippen molar-refractivity contribution in [2.24, 2.45) is 7.05 Å². The Morgan fingerprint density at radius 2 is 2.28 bits per heavy atom. The van der Waals surface area contributed by atoms with Crippen LogP contribution in [0.5, 0.6) is 5.75 Å². The highest BCUT2D eigenvalue weighted by Crippen LogP contribution is 2.22. The summed E-state index contributed by atoms with van der Waals surface area (Å²) in [6, 6.07) is 4.94. The van der Waals surface area contributed by atoms with E-state index in [2.05, 4.69) is 10.2 Å². The summed E-state index contributed by atoms with van der Waals surface area (Å²) in [4.78, 5) is 11.0. The van der Waals surface area contributed by atoms with Crippen molar-refractivity contribution in [2.75, 3.05) is 0 Å². The number of hydrogen-bond acceptors (Lipinski definition) is 4. The molecule has 0 aliphatic rings. The van der Waals surface area contributed by atoms with Crippen molar-refractivity contribution in [3.05, 3.63) is 41.5 Å². The maximum atomic E-state index is 11.0. The molecule has 0 fully saturated rings. The minimum Gasteiger partial charge on any atom is -0.485 e. The van der Waals surface area contributed by atoms with E-state index in [4.69, 9.17) is 9.84 Å². The lowest BCUT2D eigenvalue weighted by molar-refractivity contribution is 0.0695. The minimum absolute atomic E-state index is 0.241. The predicted molar refractivity (Wildman–Crippen MR) is 63.5 cm³/mol. The largest absolute Gasteiger partial charge is 0.485 e. The third kappa shape index (κ3) is 2.32. The number of carboxylic acids is 1. The van der Waals surface area contributed by atoms with Crippen LogP contribution in [0.25, 0.3) is 0 Å². The van der Waals surface area contributed by atoms with Crippen molar-refractivity contribution in [1.82, 2.24) is 14.8 Å². The van der Waals surface area contributed by atoms with Gasteiger partial charge in [-0.05, 0) is 19.1 Å². The molecule has 1 N–H and O–H groups in total. The molecule has 0 atom stereocenters. The Morgan fingerprint density at radius 1 is 1.50 bits per heavy atom. The Bertz CT molecular complexity index is 578. The molecule has 1 aromatic carbocycles. The molecule has 6 nitrogen and oxygen atoms in total. The van der Waals surface area contributed by atoms with Gasteiger partial charge in [0.2, 0.25) is 0 Å². The average molecular weight is 247 g/mol. The van der Waals surface area contributed by atoms with Crippen LogP contribution in [-0.4, -0.2) is 25.8 Å². The van der Waals surface area contributed by atoms with E-state index in [9.17, 15) is 4.79 Å². The van der Waals surface area contributed by atoms with Gasteiger partial charge in [0.05, 0.1) is 5.56 Å². The zero-order valence-electron chi connectivity index (χ0n) is 10.1. The lowest BCUT2D eigenvalue weighted by atomic mass is 10.1. The molecular weight excluding hydrogens is 234 g/mol. The van der Waals surface area contributed by atoms with Gasteiger partial charge in [-0.3, -0.25) is 0 Å². The number of carboxylic acid groups (broad SMARTS) is 1. The number of aromatic carboxylic acids is 1. The predicted octanol–water partition coefficient (Wildman–Crippen LogP) is 1.40. The summed E-state index contributed by atoms with van der Waals surface area (Å²) in [6.45, 7) is 1.97. The van der Waals surface area contributed by atoms with Gasteiger partial charge in [0, 0.05) is 12.6 Å². The first kappa shape index (κ1) is 12.1. The molecule has 2 aromatic rings. The van der Waals surface area contributed by atoms with E-state index in [0.717, 1.165) is 0 Å². The summed E-state index contributed by atoms with van der Waals surface area (Å²) in [7, 11) is 1.82. The van der Waals surface area contributed by atoms with Gasteiger partial charge < -0.3 is 14.4 Å². The quantitative estimate of drug-likeness (QED) is 0.883. The van der Waals surface area contributed by atoms with Crippen LogP contribution in [0.15, 0.2) is 24.5 Å². The number of rotatable bonds is 4. The third-order valence-corrected chi connectivity index (χ3v) is 2.68. The van der Waals surface area contributed by atoms with Crippen LogP contribution in [0.3, 0.4) is 0 Å². The first-order valence-electron chi connectivity index (χ1n) is 5.38. The van der Waals surface area contributed by atoms with E-state index >= 15 is 0 Å². The fourth-order valence-corrected chi connectivity index (χ4v) is 1.58. The highest BCUT2D eigenvalue weighted by molar-refractivity contribution is 5.90. The number of hydrogen-bond donors (Lipinski definition) is 1. The molecule has 6 heteroatoms. The van der Waals surface area contributed by atoms with Crippen LogP contribution in [0.2, 0.25) is 0 Å². The van der Waals surface area contributed by atoms with Gasteiger partial charge in [0.15, 0.2) is 5.82 Å². The SMILES string of the molecule is Cc1c(OCc2nncn2C)cccc1C(=O)O. The van der Waals surface area contributed by atoms with Crippen LogP contribution < -0.4 is 4.74 Å². The summed E-state index contributed by atoms with van der Waals surface area (Å²) >= 11 is 0. The summed E-state index contributed by atoms with van der Waals surface area (Å²) in [6.07, 6.45) is 1.58. The molecule has 1 heterocycles. The molecular formula is C12H13N3O3. The topological polar surface area (TPSA) is 77.2 Å². The summed E-state index contributed by atoms with van der Waals surface area (Å²) in [5.41, 5.74) is 0.845. The van der Waals surface area contributed by atoms with Crippen molar-refractivity contribution < 1.29 is 14.6 Å². The second-order valence-electron chi connectivity index (χ2n) is 3.88. The van der Waals surface area contributed by atoms with Crippen LogP contribution >= 0.6 is 0 Å². The zero-order valence-corrected chi connectivity index (χ0v) is 10.1. The zero-order chi connectivity index (χ0) is 13.1. The van der Waals surface area contributed by atoms with Gasteiger partial charge in [-0.1, -0.05) is 6.07 Å². The molecule has 0 aliphatic heterocycles. The standard InChI is InChI=1S/C12H13N3O3/c1-8-9(12(16)17)4-3-5-10(8)18-6-11-14-13-7-15(11)2/h3-5,7H,6H2,1-2H3,(H,16,17). The van der Waals surface area contributed by atoms with Crippen molar-refractivity contribution in [3.8, 4) is 5.75 Å². The molecule has 0 radical (unpaired) electrons. The van der Waals surface area contributed by atoms with Gasteiger partial charge in [-0.25, -0.2) is 4.79 Å². The minimum atomic E-state index is -0.961. The van der Waals surface area contributed by atoms with Crippen LogP contribution in [-0.2, 0) is 13.7 Å². The fourth-order valence-electron chi connectivity index (χ4n) is 1.58. The maximum Gasteiger partial charge on any atom is 0.336 e. The molecule has 2 rings (SSSR count). The normalized spacial score (nSPS) is 10.3. The van der Waals surface area contributed by atoms with Crippen molar-refractivity contribution in [2.45, 2.75) is 13.5 Å². The summed E-state index contributed by atoms with van der Waals surface area (Å²) < 4.78 is 7.31. The van der Waals surface area contributed by atoms with E-state index < -0.39 is 5.97 Å². The third-order valence-electron chi connectivity index (χ3n) is 2.68. The molecule has 0 unspecified atom stereocenters. The number of aryl methyl sites for hydroxylation is 1. The Labute approximate surface area is 104 Å². The second kappa shape index (κ2) is 4.87. The maximum absolute atomic E-state index is 11.0. The molecule has 0 spiro atoms. The number of ether oxygens (including phenoxy) is 1. The molecule has 18 heavy (non-hydrogen) atoms. The van der Waals surface area contributed by atoms with Gasteiger partial charge in [0.25, 0.3) is 0 Å². The monoisotopic (exact) mass is 247 g/mol. The first-order valence-corrected chi connectivity index (χ1v) is 5.38. The molecule has 0 bridgehead atoms. The second-order valence-corrected chi connectivity index (χ2v) is 3.88. The van der Waals surface area contributed by atoms with E-state index in [0.29, 0.717) is 17.1 Å². The number of aromatic nitrogens is 3. The van der Waals surface area contributed by atoms with Crippen LogP contribution in [0.4, 0.5) is 0 Å². The van der Waals surface area contributed by atoms with Gasteiger partial charge in [0.1, 0.15) is 18.7 Å².